The molecule has 0 atom stereocenters. The third kappa shape index (κ3) is 33.1. The van der Waals surface area contributed by atoms with Gasteiger partial charge in [0, 0.05) is 42.0 Å². The first kappa shape index (κ1) is 48.5. The number of anilines is 2. The minimum Gasteiger partial charge on any atom is -0.478 e. The fourth-order valence-corrected chi connectivity index (χ4v) is 8.23. The van der Waals surface area contributed by atoms with Crippen molar-refractivity contribution in [3.8, 4) is 0 Å². The first-order valence-corrected chi connectivity index (χ1v) is 24.3. The second-order valence-electron chi connectivity index (χ2n) is 12.1. The zero-order valence-electron chi connectivity index (χ0n) is 30.3. The van der Waals surface area contributed by atoms with Crippen molar-refractivity contribution in [3.05, 3.63) is 59.7 Å². The van der Waals surface area contributed by atoms with Crippen LogP contribution >= 0.6 is 21.6 Å². The number of carboxylic acid groups (broad SMARTS) is 1. The Morgan fingerprint density at radius 3 is 1.25 bits per heavy atom. The fraction of sp³-hybridized carbons (Fsp3) is 0.611. The van der Waals surface area contributed by atoms with Gasteiger partial charge < -0.3 is 26.4 Å². The summed E-state index contributed by atoms with van der Waals surface area (Å²) in [7, 11) is -3.63. The van der Waals surface area contributed by atoms with Gasteiger partial charge in [-0.05, 0) is 95.8 Å². The molecule has 0 aliphatic carbocycles. The van der Waals surface area contributed by atoms with Gasteiger partial charge in [-0.1, -0.05) is 77.0 Å². The second kappa shape index (κ2) is 30.0. The maximum atomic E-state index is 11.8. The van der Waals surface area contributed by atoms with Crippen LogP contribution < -0.4 is 11.5 Å². The molecule has 292 valence electrons. The van der Waals surface area contributed by atoms with Gasteiger partial charge in [-0.25, -0.2) is 26.4 Å². The summed E-state index contributed by atoms with van der Waals surface area (Å²) < 4.78 is 48.8. The molecule has 0 spiro atoms. The van der Waals surface area contributed by atoms with Crippen molar-refractivity contribution in [1.29, 1.82) is 0 Å². The van der Waals surface area contributed by atoms with Crippen LogP contribution in [0.4, 0.5) is 11.4 Å². The van der Waals surface area contributed by atoms with Crippen LogP contribution in [0.15, 0.2) is 48.5 Å². The number of hydrogen-bond acceptors (Lipinski definition) is 12. The quantitative estimate of drug-likeness (QED) is 0.0326. The highest BCUT2D eigenvalue weighted by atomic mass is 33.1. The maximum Gasteiger partial charge on any atom is 0.338 e. The minimum atomic E-state index is -2.89. The number of aromatic carboxylic acids is 1. The lowest BCUT2D eigenvalue weighted by molar-refractivity contribution is 0.0497. The van der Waals surface area contributed by atoms with Crippen molar-refractivity contribution in [2.75, 3.05) is 48.7 Å². The van der Waals surface area contributed by atoms with Crippen molar-refractivity contribution in [3.63, 3.8) is 0 Å². The monoisotopic (exact) mass is 792 g/mol. The number of unbranched alkanes of at least 4 members (excludes halogenated alkanes) is 14. The molecule has 0 saturated carbocycles. The number of carboxylic acids is 1. The predicted molar refractivity (Wildman–Crippen MR) is 215 cm³/mol. The summed E-state index contributed by atoms with van der Waals surface area (Å²) in [5.41, 5.74) is 12.9. The van der Waals surface area contributed by atoms with Crippen LogP contribution in [0.2, 0.25) is 0 Å². The van der Waals surface area contributed by atoms with E-state index < -0.39 is 23.7 Å². The molecule has 0 aromatic heterocycles. The molecule has 0 saturated heterocycles. The number of ether oxygens (including phenoxy) is 1. The topological polar surface area (TPSA) is 204 Å². The van der Waals surface area contributed by atoms with Gasteiger partial charge in [-0.15, -0.1) is 0 Å². The number of rotatable bonds is 25. The van der Waals surface area contributed by atoms with Crippen LogP contribution in [0.25, 0.3) is 0 Å². The molecule has 11 nitrogen and oxygen atoms in total. The highest BCUT2D eigenvalue weighted by Gasteiger charge is 2.06. The van der Waals surface area contributed by atoms with E-state index in [9.17, 15) is 26.4 Å². The Morgan fingerprint density at radius 1 is 0.569 bits per heavy atom. The van der Waals surface area contributed by atoms with Crippen molar-refractivity contribution in [2.45, 2.75) is 103 Å². The molecule has 0 aliphatic heterocycles. The van der Waals surface area contributed by atoms with Crippen molar-refractivity contribution >= 4 is 62.6 Å². The molecule has 0 heterocycles. The summed E-state index contributed by atoms with van der Waals surface area (Å²) in [6.45, 7) is 0.759. The smallest absolute Gasteiger partial charge is 0.338 e. The lowest BCUT2D eigenvalue weighted by Crippen LogP contribution is -2.06. The van der Waals surface area contributed by atoms with Crippen LogP contribution in [0.5, 0.6) is 0 Å². The molecule has 2 rings (SSSR count). The molecule has 2 aromatic rings. The van der Waals surface area contributed by atoms with Crippen LogP contribution in [-0.4, -0.2) is 76.2 Å². The number of hydrogen-bond donors (Lipinski definition) is 4. The number of carbonyl (C=O) groups excluding carboxylic acids is 1. The molecule has 0 amide bonds. The Balaban J connectivity index is 0.000000817. The molecule has 0 bridgehead atoms. The third-order valence-electron chi connectivity index (χ3n) is 7.22. The molecular formula is C36H60N2O9S4. The van der Waals surface area contributed by atoms with Crippen LogP contribution in [0, 0.1) is 0 Å². The summed E-state index contributed by atoms with van der Waals surface area (Å²) in [6, 6.07) is 12.8. The Bertz CT molecular complexity index is 1410. The maximum absolute atomic E-state index is 11.8. The normalized spacial score (nSPS) is 11.1. The van der Waals surface area contributed by atoms with Gasteiger partial charge in [0.05, 0.1) is 17.7 Å². The SMILES string of the molecule is CS(=O)(=O)SCCCCCCCCCCO.CS(=O)(=O)SCCCCCCCCCCOC(=O)c1ccc(N)cc1.Nc1ccc(C(=O)O)cc1. The number of aliphatic hydroxyl groups excluding tert-OH is 1. The van der Waals surface area contributed by atoms with Crippen LogP contribution in [0.3, 0.4) is 0 Å². The second-order valence-corrected chi connectivity index (χ2v) is 21.3. The third-order valence-corrected chi connectivity index (χ3v) is 12.6. The highest BCUT2D eigenvalue weighted by molar-refractivity contribution is 8.72. The summed E-state index contributed by atoms with van der Waals surface area (Å²) in [4.78, 5) is 22.0. The number of carbonyl (C=O) groups is 2. The molecule has 0 unspecified atom stereocenters. The van der Waals surface area contributed by atoms with Gasteiger partial charge >= 0.3 is 11.9 Å². The Kier molecular flexibility index (Phi) is 28.6. The number of nitrogen functional groups attached to an aromatic ring is 2. The Hall–Kier alpha value is -2.46. The zero-order chi connectivity index (χ0) is 38.4. The molecule has 6 N–H and O–H groups in total. The number of aliphatic hydroxyl groups is 1. The lowest BCUT2D eigenvalue weighted by Gasteiger charge is -2.05. The van der Waals surface area contributed by atoms with E-state index in [0.717, 1.165) is 91.5 Å². The molecule has 15 heteroatoms. The molecule has 2 aromatic carbocycles. The molecule has 0 fully saturated rings. The number of esters is 1. The Labute approximate surface area is 313 Å². The van der Waals surface area contributed by atoms with Gasteiger partial charge in [-0.2, -0.15) is 0 Å². The minimum absolute atomic E-state index is 0.259. The summed E-state index contributed by atoms with van der Waals surface area (Å²) in [5, 5.41) is 17.0. The fourth-order valence-electron chi connectivity index (χ4n) is 4.45. The van der Waals surface area contributed by atoms with E-state index in [1.54, 1.807) is 36.4 Å². The largest absolute Gasteiger partial charge is 0.478 e. The van der Waals surface area contributed by atoms with Gasteiger partial charge in [0.1, 0.15) is 0 Å². The van der Waals surface area contributed by atoms with E-state index in [-0.39, 0.29) is 11.5 Å². The summed E-state index contributed by atoms with van der Waals surface area (Å²) in [5.74, 6) is 0.189. The van der Waals surface area contributed by atoms with E-state index in [0.29, 0.717) is 35.9 Å². The van der Waals surface area contributed by atoms with Crippen molar-refractivity contribution < 1.29 is 41.4 Å². The van der Waals surface area contributed by atoms with Crippen LogP contribution in [0.1, 0.15) is 123 Å². The Morgan fingerprint density at radius 2 is 0.902 bits per heavy atom. The first-order chi connectivity index (χ1) is 24.1. The average molecular weight is 793 g/mol. The standard InChI is InChI=1S/C18H29NO4S2.C11H24O3S2.C7H7NO2/c1-25(21,22)24-15-9-7-5-3-2-4-6-8-14-23-18(20)16-10-12-17(19)13-11-16;1-16(13,14)15-11-9-7-5-3-2-4-6-8-10-12;8-6-3-1-5(2-4-6)7(9)10/h10-13H,2-9,14-15,19H2,1H3;12H,2-11H2,1H3;1-4H,8H2,(H,9,10). The van der Waals surface area contributed by atoms with E-state index in [4.69, 9.17) is 26.4 Å². The van der Waals surface area contributed by atoms with Crippen LogP contribution in [-0.2, 0) is 22.5 Å². The molecule has 0 aliphatic rings. The zero-order valence-corrected chi connectivity index (χ0v) is 33.6. The van der Waals surface area contributed by atoms with Crippen molar-refractivity contribution in [2.24, 2.45) is 0 Å². The molecular weight excluding hydrogens is 733 g/mol. The summed E-state index contributed by atoms with van der Waals surface area (Å²) in [6.07, 6.45) is 20.2. The summed E-state index contributed by atoms with van der Waals surface area (Å²) >= 11 is 0. The van der Waals surface area contributed by atoms with Crippen molar-refractivity contribution in [1.82, 2.24) is 0 Å². The lowest BCUT2D eigenvalue weighted by atomic mass is 10.1. The molecule has 0 radical (unpaired) electrons. The molecule has 51 heavy (non-hydrogen) atoms. The number of nitrogens with two attached hydrogens (primary N) is 2. The van der Waals surface area contributed by atoms with Gasteiger partial charge in [0.25, 0.3) is 0 Å². The average Bonchev–Trinajstić information content (AvgIpc) is 3.06. The number of benzene rings is 2. The predicted octanol–water partition coefficient (Wildman–Crippen LogP) is 8.00. The van der Waals surface area contributed by atoms with Gasteiger partial charge in [0.15, 0.2) is 17.7 Å². The van der Waals surface area contributed by atoms with Gasteiger partial charge in [-0.3, -0.25) is 0 Å². The first-order valence-electron chi connectivity index (χ1n) is 17.6. The van der Waals surface area contributed by atoms with E-state index in [2.05, 4.69) is 0 Å². The van der Waals surface area contributed by atoms with E-state index in [1.807, 2.05) is 0 Å². The highest BCUT2D eigenvalue weighted by Crippen LogP contribution is 2.16. The van der Waals surface area contributed by atoms with Gasteiger partial charge in [0.2, 0.25) is 0 Å². The van der Waals surface area contributed by atoms with E-state index >= 15 is 0 Å². The van der Waals surface area contributed by atoms with E-state index in [1.165, 1.54) is 63.2 Å².